The van der Waals surface area contributed by atoms with Gasteiger partial charge in [-0.25, -0.2) is 18.0 Å². The Morgan fingerprint density at radius 1 is 1.00 bits per heavy atom. The van der Waals surface area contributed by atoms with Crippen molar-refractivity contribution in [1.29, 1.82) is 0 Å². The lowest BCUT2D eigenvalue weighted by atomic mass is 10.0. The fourth-order valence-corrected chi connectivity index (χ4v) is 3.60. The normalized spacial score (nSPS) is 10.9. The molecule has 0 heterocycles. The van der Waals surface area contributed by atoms with Crippen molar-refractivity contribution >= 4 is 17.3 Å². The molecule has 0 saturated heterocycles. The van der Waals surface area contributed by atoms with Crippen LogP contribution in [0.15, 0.2) is 48.5 Å². The maximum atomic E-state index is 15.1. The van der Waals surface area contributed by atoms with E-state index in [2.05, 4.69) is 0 Å². The number of carbonyl (C=O) groups is 1. The van der Waals surface area contributed by atoms with Gasteiger partial charge in [0.05, 0.1) is 17.5 Å². The number of aryl methyl sites for hydroxylation is 1. The van der Waals surface area contributed by atoms with Gasteiger partial charge in [0.15, 0.2) is 6.61 Å². The molecule has 0 atom stereocenters. The molecular formula is C26H26F3NO3. The Morgan fingerprint density at radius 2 is 1.73 bits per heavy atom. The zero-order chi connectivity index (χ0) is 24.3. The summed E-state index contributed by atoms with van der Waals surface area (Å²) in [6, 6.07) is 11.7. The van der Waals surface area contributed by atoms with E-state index >= 15 is 4.39 Å². The van der Waals surface area contributed by atoms with Crippen molar-refractivity contribution in [2.24, 2.45) is 0 Å². The molecule has 0 aromatic heterocycles. The number of esters is 1. The number of hydrogen-bond acceptors (Lipinski definition) is 4. The number of rotatable bonds is 7. The van der Waals surface area contributed by atoms with Crippen molar-refractivity contribution < 1.29 is 27.4 Å². The second-order valence-corrected chi connectivity index (χ2v) is 8.04. The third kappa shape index (κ3) is 5.48. The maximum Gasteiger partial charge on any atom is 0.344 e. The Labute approximate surface area is 191 Å². The molecule has 0 aliphatic carbocycles. The molecule has 3 aromatic carbocycles. The van der Waals surface area contributed by atoms with E-state index in [4.69, 9.17) is 9.47 Å². The number of benzene rings is 3. The number of nitrogens with zero attached hydrogens (tertiary/aromatic N) is 1. The summed E-state index contributed by atoms with van der Waals surface area (Å²) < 4.78 is 54.3. The SMILES string of the molecule is Cc1cc(-c2cccc(F)c2)cc(N(C)c2c(F)ccc(OCC(=O)OC(C)C)c2C)c1F. The number of anilines is 2. The maximum absolute atomic E-state index is 15.1. The quantitative estimate of drug-likeness (QED) is 0.381. The second kappa shape index (κ2) is 9.98. The Balaban J connectivity index is 1.99. The van der Waals surface area contributed by atoms with Crippen LogP contribution in [0, 0.1) is 31.3 Å². The first kappa shape index (κ1) is 24.2. The molecule has 174 valence electrons. The molecule has 0 radical (unpaired) electrons. The lowest BCUT2D eigenvalue weighted by Crippen LogP contribution is -2.20. The summed E-state index contributed by atoms with van der Waals surface area (Å²) >= 11 is 0. The van der Waals surface area contributed by atoms with Gasteiger partial charge < -0.3 is 14.4 Å². The van der Waals surface area contributed by atoms with Gasteiger partial charge in [-0.05, 0) is 80.8 Å². The minimum Gasteiger partial charge on any atom is -0.482 e. The highest BCUT2D eigenvalue weighted by molar-refractivity contribution is 5.76. The lowest BCUT2D eigenvalue weighted by Gasteiger charge is -2.25. The summed E-state index contributed by atoms with van der Waals surface area (Å²) in [6.45, 7) is 6.33. The first-order valence-electron chi connectivity index (χ1n) is 10.5. The molecule has 7 heteroatoms. The van der Waals surface area contributed by atoms with E-state index < -0.39 is 23.4 Å². The number of ether oxygens (including phenoxy) is 2. The van der Waals surface area contributed by atoms with Crippen molar-refractivity contribution in [1.82, 2.24) is 0 Å². The first-order chi connectivity index (χ1) is 15.6. The fourth-order valence-electron chi connectivity index (χ4n) is 3.60. The smallest absolute Gasteiger partial charge is 0.344 e. The van der Waals surface area contributed by atoms with Crippen LogP contribution in [0.3, 0.4) is 0 Å². The summed E-state index contributed by atoms with van der Waals surface area (Å²) in [6.07, 6.45) is -0.284. The minimum absolute atomic E-state index is 0.0967. The standard InChI is InChI=1S/C26H26F3NO3/c1-15(2)33-24(31)14-32-23-10-9-21(28)26(17(23)4)30(5)22-13-19(11-16(3)25(22)29)18-7-6-8-20(27)12-18/h6-13,15H,14H2,1-5H3. The highest BCUT2D eigenvalue weighted by Crippen LogP contribution is 2.38. The molecule has 0 N–H and O–H groups in total. The van der Waals surface area contributed by atoms with Crippen LogP contribution in [-0.2, 0) is 9.53 Å². The molecule has 0 saturated carbocycles. The van der Waals surface area contributed by atoms with Crippen molar-refractivity contribution in [3.05, 3.63) is 77.1 Å². The number of hydrogen-bond donors (Lipinski definition) is 0. The Hall–Kier alpha value is -3.48. The molecule has 0 fully saturated rings. The summed E-state index contributed by atoms with van der Waals surface area (Å²) in [5.74, 6) is -1.79. The van der Waals surface area contributed by atoms with Gasteiger partial charge >= 0.3 is 5.97 Å². The minimum atomic E-state index is -0.583. The van der Waals surface area contributed by atoms with Gasteiger partial charge in [0.2, 0.25) is 0 Å². The van der Waals surface area contributed by atoms with E-state index in [0.717, 1.165) is 0 Å². The zero-order valence-electron chi connectivity index (χ0n) is 19.2. The first-order valence-corrected chi connectivity index (χ1v) is 10.5. The van der Waals surface area contributed by atoms with Crippen LogP contribution in [-0.4, -0.2) is 25.7 Å². The van der Waals surface area contributed by atoms with Crippen molar-refractivity contribution in [3.8, 4) is 16.9 Å². The molecule has 0 unspecified atom stereocenters. The van der Waals surface area contributed by atoms with Crippen LogP contribution >= 0.6 is 0 Å². The Bertz CT molecular complexity index is 1180. The molecule has 0 aliphatic rings. The lowest BCUT2D eigenvalue weighted by molar-refractivity contribution is -0.149. The predicted molar refractivity (Wildman–Crippen MR) is 122 cm³/mol. The second-order valence-electron chi connectivity index (χ2n) is 8.04. The van der Waals surface area contributed by atoms with E-state index in [1.807, 2.05) is 0 Å². The van der Waals surface area contributed by atoms with Crippen LogP contribution in [0.1, 0.15) is 25.0 Å². The van der Waals surface area contributed by atoms with E-state index in [1.54, 1.807) is 52.0 Å². The Kier molecular flexibility index (Phi) is 7.31. The predicted octanol–water partition coefficient (Wildman–Crippen LogP) is 6.49. The molecule has 3 aromatic rings. The summed E-state index contributed by atoms with van der Waals surface area (Å²) in [5.41, 5.74) is 2.11. The third-order valence-corrected chi connectivity index (χ3v) is 5.13. The van der Waals surface area contributed by atoms with E-state index in [1.165, 1.54) is 36.2 Å². The van der Waals surface area contributed by atoms with Crippen LogP contribution in [0.4, 0.5) is 24.5 Å². The largest absolute Gasteiger partial charge is 0.482 e. The van der Waals surface area contributed by atoms with Crippen molar-refractivity contribution in [2.45, 2.75) is 33.8 Å². The van der Waals surface area contributed by atoms with Gasteiger partial charge in [0.25, 0.3) is 0 Å². The topological polar surface area (TPSA) is 38.8 Å². The molecule has 3 rings (SSSR count). The van der Waals surface area contributed by atoms with E-state index in [9.17, 15) is 13.6 Å². The van der Waals surface area contributed by atoms with Crippen LogP contribution in [0.25, 0.3) is 11.1 Å². The average Bonchev–Trinajstić information content (AvgIpc) is 2.74. The monoisotopic (exact) mass is 457 g/mol. The molecule has 0 bridgehead atoms. The molecule has 4 nitrogen and oxygen atoms in total. The molecule has 33 heavy (non-hydrogen) atoms. The number of halogens is 3. The van der Waals surface area contributed by atoms with Crippen molar-refractivity contribution in [2.75, 3.05) is 18.6 Å². The summed E-state index contributed by atoms with van der Waals surface area (Å²) in [5, 5.41) is 0. The average molecular weight is 457 g/mol. The van der Waals surface area contributed by atoms with E-state index in [-0.39, 0.29) is 29.8 Å². The van der Waals surface area contributed by atoms with Crippen LogP contribution in [0.2, 0.25) is 0 Å². The highest BCUT2D eigenvalue weighted by atomic mass is 19.1. The number of carbonyl (C=O) groups excluding carboxylic acids is 1. The van der Waals surface area contributed by atoms with Gasteiger partial charge in [0, 0.05) is 12.6 Å². The fraction of sp³-hybridized carbons (Fsp3) is 0.269. The highest BCUT2D eigenvalue weighted by Gasteiger charge is 2.21. The summed E-state index contributed by atoms with van der Waals surface area (Å²) in [4.78, 5) is 13.2. The van der Waals surface area contributed by atoms with Gasteiger partial charge in [-0.3, -0.25) is 0 Å². The zero-order valence-corrected chi connectivity index (χ0v) is 19.2. The third-order valence-electron chi connectivity index (χ3n) is 5.13. The van der Waals surface area contributed by atoms with E-state index in [0.29, 0.717) is 22.3 Å². The van der Waals surface area contributed by atoms with Crippen LogP contribution in [0.5, 0.6) is 5.75 Å². The molecule has 0 spiro atoms. The van der Waals surface area contributed by atoms with Crippen molar-refractivity contribution in [3.63, 3.8) is 0 Å². The van der Waals surface area contributed by atoms with Gasteiger partial charge in [-0.2, -0.15) is 0 Å². The van der Waals surface area contributed by atoms with Gasteiger partial charge in [-0.1, -0.05) is 12.1 Å². The van der Waals surface area contributed by atoms with Gasteiger partial charge in [-0.15, -0.1) is 0 Å². The molecule has 0 amide bonds. The van der Waals surface area contributed by atoms with Crippen LogP contribution < -0.4 is 9.64 Å². The summed E-state index contributed by atoms with van der Waals surface area (Å²) in [7, 11) is 1.54. The van der Waals surface area contributed by atoms with Gasteiger partial charge in [0.1, 0.15) is 23.2 Å². The Morgan fingerprint density at radius 3 is 2.39 bits per heavy atom. The molecular weight excluding hydrogens is 431 g/mol. The molecule has 0 aliphatic heterocycles.